The monoisotopic (exact) mass is 852 g/mol. The van der Waals surface area contributed by atoms with E-state index in [1.807, 2.05) is 72.5 Å². The van der Waals surface area contributed by atoms with E-state index in [1.165, 1.54) is 24.8 Å². The number of esters is 1. The summed E-state index contributed by atoms with van der Waals surface area (Å²) in [6.07, 6.45) is 14.5. The second kappa shape index (κ2) is 15.3. The molecule has 9 aliphatic rings. The van der Waals surface area contributed by atoms with Gasteiger partial charge in [0.15, 0.2) is 11.4 Å². The standard InChI is InChI=1S/C56H69NO6/c1-36-12-11-22-52(4)47(44-20-18-37(29-42(58)19-17-36)30-46(44)48(59)45-16-10-9-15-43(45)41-13-7-6-8-14-41)21-23-55(52,62)35-57(34-54-31-38-26-39(32-54)28-40(27-38)33-54)49(60)56-25-24-53(5,50(61)63-56)51(56,2)3/h6-10,12-16,18,20,30,38-40,42,47,58,62H,11,17,19,21-29,31-35H2,1-5H3. The molecule has 8 bridgehead atoms. The highest BCUT2D eigenvalue weighted by molar-refractivity contribution is 6.14. The van der Waals surface area contributed by atoms with Gasteiger partial charge in [-0.1, -0.05) is 99.2 Å². The van der Waals surface area contributed by atoms with Crippen molar-refractivity contribution in [3.8, 4) is 11.1 Å². The van der Waals surface area contributed by atoms with Gasteiger partial charge in [-0.3, -0.25) is 14.4 Å². The van der Waals surface area contributed by atoms with Gasteiger partial charge in [0, 0.05) is 28.5 Å². The molecule has 1 amide bonds. The molecule has 7 nitrogen and oxygen atoms in total. The molecule has 63 heavy (non-hydrogen) atoms. The van der Waals surface area contributed by atoms with E-state index in [0.29, 0.717) is 80.4 Å². The Hall–Kier alpha value is -4.07. The quantitative estimate of drug-likeness (QED) is 0.133. The van der Waals surface area contributed by atoms with Crippen LogP contribution in [0.2, 0.25) is 0 Å². The Morgan fingerprint density at radius 2 is 1.48 bits per heavy atom. The molecule has 1 heterocycles. The lowest BCUT2D eigenvalue weighted by Crippen LogP contribution is -2.63. The maximum absolute atomic E-state index is 15.8. The summed E-state index contributed by atoms with van der Waals surface area (Å²) >= 11 is 0. The summed E-state index contributed by atoms with van der Waals surface area (Å²) < 4.78 is 6.36. The van der Waals surface area contributed by atoms with E-state index < -0.39 is 33.6 Å². The maximum atomic E-state index is 15.8. The van der Waals surface area contributed by atoms with Crippen LogP contribution < -0.4 is 0 Å². The first-order valence-corrected chi connectivity index (χ1v) is 24.4. The van der Waals surface area contributed by atoms with Crippen LogP contribution in [0.3, 0.4) is 0 Å². The van der Waals surface area contributed by atoms with Crippen molar-refractivity contribution in [1.29, 1.82) is 0 Å². The number of hydrogen-bond acceptors (Lipinski definition) is 6. The number of ether oxygens (including phenoxy) is 1. The number of fused-ring (bicyclic) bond motifs is 10. The summed E-state index contributed by atoms with van der Waals surface area (Å²) in [5, 5.41) is 25.0. The third kappa shape index (κ3) is 6.74. The van der Waals surface area contributed by atoms with Gasteiger partial charge in [0.05, 0.1) is 23.7 Å². The van der Waals surface area contributed by atoms with Crippen LogP contribution in [-0.4, -0.2) is 63.2 Å². The molecule has 1 saturated heterocycles. The first-order chi connectivity index (χ1) is 30.0. The van der Waals surface area contributed by atoms with E-state index in [4.69, 9.17) is 4.74 Å². The molecule has 7 fully saturated rings. The number of allylic oxidation sites excluding steroid dienone is 2. The van der Waals surface area contributed by atoms with Crippen LogP contribution in [0.4, 0.5) is 0 Å². The number of hydrogen-bond donors (Lipinski definition) is 2. The van der Waals surface area contributed by atoms with Crippen molar-refractivity contribution >= 4 is 17.7 Å². The van der Waals surface area contributed by atoms with Gasteiger partial charge in [0.2, 0.25) is 0 Å². The predicted octanol–water partition coefficient (Wildman–Crippen LogP) is 10.8. The molecule has 334 valence electrons. The molecule has 7 heteroatoms. The first-order valence-electron chi connectivity index (χ1n) is 24.4. The summed E-state index contributed by atoms with van der Waals surface area (Å²) in [5.74, 6) is 1.44. The lowest BCUT2D eigenvalue weighted by atomic mass is 9.49. The number of carbonyl (C=O) groups excluding carboxylic acids is 3. The van der Waals surface area contributed by atoms with Gasteiger partial charge >= 0.3 is 5.97 Å². The SMILES string of the molecule is CC1=CCCC2(C)C(CCC2(O)CN(CC23CC4CC(CC(C4)C2)C3)C(=O)C23CCC(C)(C(=O)O2)C3(C)C)c2ccc(cc2C(=O)c2ccccc2-c2ccccc2)CC(O)CC1. The van der Waals surface area contributed by atoms with Crippen LogP contribution in [0.25, 0.3) is 11.1 Å². The molecular formula is C56H69NO6. The molecule has 0 radical (unpaired) electrons. The van der Waals surface area contributed by atoms with Crippen molar-refractivity contribution in [3.63, 3.8) is 0 Å². The van der Waals surface area contributed by atoms with Crippen LogP contribution >= 0.6 is 0 Å². The molecule has 12 rings (SSSR count). The van der Waals surface area contributed by atoms with E-state index in [1.54, 1.807) is 0 Å². The highest BCUT2D eigenvalue weighted by Crippen LogP contribution is 2.67. The highest BCUT2D eigenvalue weighted by Gasteiger charge is 2.76. The van der Waals surface area contributed by atoms with E-state index in [-0.39, 0.29) is 35.5 Å². The van der Waals surface area contributed by atoms with Crippen LogP contribution in [0, 0.1) is 39.4 Å². The van der Waals surface area contributed by atoms with Crippen molar-refractivity contribution in [3.05, 3.63) is 107 Å². The third-order valence-corrected chi connectivity index (χ3v) is 19.0. The zero-order chi connectivity index (χ0) is 44.2. The Morgan fingerprint density at radius 3 is 2.14 bits per heavy atom. The van der Waals surface area contributed by atoms with E-state index in [0.717, 1.165) is 54.4 Å². The van der Waals surface area contributed by atoms with E-state index in [9.17, 15) is 15.0 Å². The van der Waals surface area contributed by atoms with Gasteiger partial charge in [0.1, 0.15) is 0 Å². The van der Waals surface area contributed by atoms with Crippen LogP contribution in [0.15, 0.2) is 84.4 Å². The summed E-state index contributed by atoms with van der Waals surface area (Å²) in [6, 6.07) is 24.1. The van der Waals surface area contributed by atoms with Gasteiger partial charge in [-0.2, -0.15) is 0 Å². The normalized spacial score (nSPS) is 37.6. The number of ketones is 1. The highest BCUT2D eigenvalue weighted by atomic mass is 16.6. The van der Waals surface area contributed by atoms with Crippen molar-refractivity contribution in [1.82, 2.24) is 4.90 Å². The Labute approximate surface area is 375 Å². The minimum atomic E-state index is -1.29. The molecule has 1 aliphatic heterocycles. The number of benzene rings is 3. The van der Waals surface area contributed by atoms with E-state index in [2.05, 4.69) is 45.9 Å². The average molecular weight is 852 g/mol. The first kappa shape index (κ1) is 42.9. The smallest absolute Gasteiger partial charge is 0.313 e. The Morgan fingerprint density at radius 1 is 0.794 bits per heavy atom. The fourth-order valence-corrected chi connectivity index (χ4v) is 15.3. The average Bonchev–Trinajstić information content (AvgIpc) is 3.69. The van der Waals surface area contributed by atoms with Crippen molar-refractivity contribution in [2.75, 3.05) is 13.1 Å². The molecule has 3 aromatic carbocycles. The molecule has 2 N–H and O–H groups in total. The van der Waals surface area contributed by atoms with E-state index >= 15 is 9.59 Å². The number of rotatable bonds is 8. The van der Waals surface area contributed by atoms with Crippen LogP contribution in [0.1, 0.15) is 157 Å². The molecule has 0 spiro atoms. The number of carbonyl (C=O) groups is 3. The lowest BCUT2D eigenvalue weighted by Gasteiger charge is -2.58. The van der Waals surface area contributed by atoms with Gasteiger partial charge in [-0.15, -0.1) is 0 Å². The fraction of sp³-hybridized carbons (Fsp3) is 0.589. The van der Waals surface area contributed by atoms with Gasteiger partial charge in [-0.05, 0) is 168 Å². The van der Waals surface area contributed by atoms with Crippen molar-refractivity contribution in [2.45, 2.75) is 154 Å². The Bertz CT molecular complexity index is 2310. The topological polar surface area (TPSA) is 104 Å². The lowest BCUT2D eigenvalue weighted by molar-refractivity contribution is -0.181. The van der Waals surface area contributed by atoms with Crippen LogP contribution in [0.5, 0.6) is 0 Å². The Balaban J connectivity index is 1.07. The number of aliphatic hydroxyl groups is 2. The molecule has 3 aromatic rings. The summed E-state index contributed by atoms with van der Waals surface area (Å²) in [5.41, 5.74) is 1.42. The van der Waals surface area contributed by atoms with Crippen LogP contribution in [-0.2, 0) is 20.7 Å². The predicted molar refractivity (Wildman–Crippen MR) is 246 cm³/mol. The fourth-order valence-electron chi connectivity index (χ4n) is 15.3. The molecule has 6 unspecified atom stereocenters. The van der Waals surface area contributed by atoms with Gasteiger partial charge < -0.3 is 19.8 Å². The summed E-state index contributed by atoms with van der Waals surface area (Å²) in [7, 11) is 0. The summed E-state index contributed by atoms with van der Waals surface area (Å²) in [4.78, 5) is 46.8. The number of amides is 1. The maximum Gasteiger partial charge on any atom is 0.313 e. The van der Waals surface area contributed by atoms with Crippen molar-refractivity contribution in [2.24, 2.45) is 39.4 Å². The molecule has 0 aromatic heterocycles. The second-order valence-corrected chi connectivity index (χ2v) is 22.9. The third-order valence-electron chi connectivity index (χ3n) is 19.0. The molecular weight excluding hydrogens is 783 g/mol. The van der Waals surface area contributed by atoms with Gasteiger partial charge in [0.25, 0.3) is 5.91 Å². The minimum absolute atomic E-state index is 0.000219. The molecule has 6 atom stereocenters. The summed E-state index contributed by atoms with van der Waals surface area (Å²) in [6.45, 7) is 11.2. The zero-order valence-electron chi connectivity index (χ0n) is 38.4. The number of aliphatic hydroxyl groups excluding tert-OH is 1. The molecule has 8 aliphatic carbocycles. The Kier molecular flexibility index (Phi) is 10.4. The molecule has 6 saturated carbocycles. The zero-order valence-corrected chi connectivity index (χ0v) is 38.4. The van der Waals surface area contributed by atoms with Crippen molar-refractivity contribution < 1.29 is 29.3 Å². The minimum Gasteiger partial charge on any atom is -0.448 e. The second-order valence-electron chi connectivity index (χ2n) is 22.9. The number of nitrogens with zero attached hydrogens (tertiary/aromatic N) is 1. The van der Waals surface area contributed by atoms with Gasteiger partial charge in [-0.25, -0.2) is 0 Å². The largest absolute Gasteiger partial charge is 0.448 e.